The second-order valence-electron chi connectivity index (χ2n) is 20.6. The van der Waals surface area contributed by atoms with Gasteiger partial charge in [0.1, 0.15) is 0 Å². The molecule has 7 aliphatic carbocycles. The number of allylic oxidation sites excluding steroid dienone is 14. The van der Waals surface area contributed by atoms with Crippen molar-refractivity contribution < 1.29 is 0 Å². The van der Waals surface area contributed by atoms with Gasteiger partial charge in [-0.15, -0.1) is 0 Å². The van der Waals surface area contributed by atoms with Crippen molar-refractivity contribution in [1.82, 2.24) is 15.4 Å². The van der Waals surface area contributed by atoms with Crippen LogP contribution in [0.1, 0.15) is 113 Å². The van der Waals surface area contributed by atoms with Crippen LogP contribution in [0.15, 0.2) is 133 Å². The molecule has 7 aliphatic rings. The molecular formula is C56H71N3S. The van der Waals surface area contributed by atoms with Crippen molar-refractivity contribution in [2.24, 2.45) is 52.8 Å². The van der Waals surface area contributed by atoms with Gasteiger partial charge in [-0.1, -0.05) is 148 Å². The number of hydrazine groups is 1. The minimum absolute atomic E-state index is 0.267. The molecule has 0 aliphatic heterocycles. The van der Waals surface area contributed by atoms with Crippen LogP contribution in [0, 0.1) is 52.8 Å². The summed E-state index contributed by atoms with van der Waals surface area (Å²) in [6.07, 6.45) is 53.6. The number of benzene rings is 1. The summed E-state index contributed by atoms with van der Waals surface area (Å²) in [4.78, 5) is 0. The zero-order valence-electron chi connectivity index (χ0n) is 36.9. The number of hydrogen-bond acceptors (Lipinski definition) is 3. The molecule has 2 N–H and O–H groups in total. The van der Waals surface area contributed by atoms with Gasteiger partial charge in [0, 0.05) is 22.6 Å². The first kappa shape index (κ1) is 41.8. The molecule has 4 heteroatoms. The summed E-state index contributed by atoms with van der Waals surface area (Å²) in [5.74, 6) is 5.46. The lowest BCUT2D eigenvalue weighted by Crippen LogP contribution is -2.53. The van der Waals surface area contributed by atoms with Gasteiger partial charge < -0.3 is 4.57 Å². The summed E-state index contributed by atoms with van der Waals surface area (Å²) in [5, 5.41) is 0.351. The van der Waals surface area contributed by atoms with E-state index in [1.54, 1.807) is 16.8 Å². The van der Waals surface area contributed by atoms with E-state index < -0.39 is 0 Å². The smallest absolute Gasteiger partial charge is 0.0857 e. The molecule has 12 unspecified atom stereocenters. The largest absolute Gasteiger partial charge is 0.330 e. The molecule has 316 valence electrons. The molecule has 0 amide bonds. The average Bonchev–Trinajstić information content (AvgIpc) is 3.58. The molecule has 1 saturated carbocycles. The van der Waals surface area contributed by atoms with Crippen molar-refractivity contribution in [3.63, 3.8) is 0 Å². The van der Waals surface area contributed by atoms with E-state index in [4.69, 9.17) is 12.6 Å². The Morgan fingerprint density at radius 3 is 2.38 bits per heavy atom. The first-order chi connectivity index (χ1) is 29.2. The molecule has 9 rings (SSSR count). The number of hydrogen-bond donors (Lipinski definition) is 3. The Labute approximate surface area is 368 Å². The quantitative estimate of drug-likeness (QED) is 0.120. The van der Waals surface area contributed by atoms with E-state index in [1.165, 1.54) is 61.8 Å². The first-order valence-corrected chi connectivity index (χ1v) is 24.2. The molecule has 0 saturated heterocycles. The third-order valence-electron chi connectivity index (χ3n) is 16.2. The lowest BCUT2D eigenvalue weighted by atomic mass is 9.61. The number of nitrogens with zero attached hydrogens (tertiary/aromatic N) is 1. The van der Waals surface area contributed by atoms with Crippen molar-refractivity contribution in [2.75, 3.05) is 0 Å². The van der Waals surface area contributed by atoms with Crippen LogP contribution >= 0.6 is 12.6 Å². The van der Waals surface area contributed by atoms with Crippen LogP contribution in [0.2, 0.25) is 0 Å². The maximum atomic E-state index is 5.14. The van der Waals surface area contributed by atoms with E-state index in [0.29, 0.717) is 52.6 Å². The summed E-state index contributed by atoms with van der Waals surface area (Å²) < 4.78 is 2.63. The van der Waals surface area contributed by atoms with Crippen molar-refractivity contribution >= 4 is 18.7 Å². The summed E-state index contributed by atoms with van der Waals surface area (Å²) >= 11 is 5.14. The molecule has 1 heterocycles. The summed E-state index contributed by atoms with van der Waals surface area (Å²) in [6, 6.07) is 11.4. The Balaban J connectivity index is 0.913. The minimum atomic E-state index is -0.267. The van der Waals surface area contributed by atoms with Gasteiger partial charge in [-0.2, -0.15) is 12.6 Å². The van der Waals surface area contributed by atoms with Crippen LogP contribution in [0.3, 0.4) is 0 Å². The highest BCUT2D eigenvalue weighted by atomic mass is 32.1. The van der Waals surface area contributed by atoms with E-state index in [-0.39, 0.29) is 11.0 Å². The highest BCUT2D eigenvalue weighted by Gasteiger charge is 2.44. The average molecular weight is 818 g/mol. The van der Waals surface area contributed by atoms with E-state index in [0.717, 1.165) is 38.3 Å². The van der Waals surface area contributed by atoms with Gasteiger partial charge in [-0.05, 0) is 159 Å². The molecule has 12 atom stereocenters. The molecule has 0 spiro atoms. The third kappa shape index (κ3) is 8.86. The van der Waals surface area contributed by atoms with Crippen LogP contribution in [0.5, 0.6) is 0 Å². The Hall–Kier alpha value is -3.57. The lowest BCUT2D eigenvalue weighted by Gasteiger charge is -2.45. The molecule has 1 aromatic carbocycles. The van der Waals surface area contributed by atoms with E-state index in [9.17, 15) is 0 Å². The van der Waals surface area contributed by atoms with Crippen molar-refractivity contribution in [2.45, 2.75) is 122 Å². The van der Waals surface area contributed by atoms with Crippen LogP contribution < -0.4 is 10.9 Å². The summed E-state index contributed by atoms with van der Waals surface area (Å²) in [5.41, 5.74) is 17.0. The lowest BCUT2D eigenvalue weighted by molar-refractivity contribution is 0.137. The van der Waals surface area contributed by atoms with Crippen molar-refractivity contribution in [3.05, 3.63) is 161 Å². The van der Waals surface area contributed by atoms with Crippen molar-refractivity contribution in [1.29, 1.82) is 0 Å². The Kier molecular flexibility index (Phi) is 12.6. The SMILES string of the molecule is CC1C=Cc2c(c3c(n2CNNC(C)(/C=C/C2=CC=CC(C4CC(c5ccccc5)CC(C5C=CC=CC5)C4)C2)C2C=CC=CC2)CCC(C)(C2CC(C)C=CC2S)C3)C1. The molecule has 0 radical (unpaired) electrons. The maximum absolute atomic E-state index is 5.14. The van der Waals surface area contributed by atoms with E-state index in [2.05, 4.69) is 177 Å². The fraction of sp³-hybridized carbons (Fsp3) is 0.500. The molecule has 0 bridgehead atoms. The summed E-state index contributed by atoms with van der Waals surface area (Å²) in [6.45, 7) is 10.5. The predicted octanol–water partition coefficient (Wildman–Crippen LogP) is 13.0. The van der Waals surface area contributed by atoms with E-state index in [1.807, 2.05) is 0 Å². The zero-order chi connectivity index (χ0) is 41.3. The standard InChI is InChI=1S/C56H71N3S/c1-39-23-25-52-49(31-39)50-37-55(3,51-32-40(2)24-26-54(51)60)29-28-53(50)59(52)38-57-58-56(4,48-21-12-7-13-22-48)30-27-41-15-14-20-44(33-41)47-35-45(42-16-8-5-9-17-42)34-46(36-47)43-18-10-6-11-19-43/h5-18,20-21,23-27,30,39-40,43-48,51,54,57-58,60H,19,22,28-29,31-38H2,1-4H3/b30-27+. The number of fused-ring (bicyclic) bond motifs is 3. The Bertz CT molecular complexity index is 2120. The monoisotopic (exact) mass is 818 g/mol. The molecular weight excluding hydrogens is 747 g/mol. The molecule has 1 fully saturated rings. The topological polar surface area (TPSA) is 29.0 Å². The third-order valence-corrected chi connectivity index (χ3v) is 16.8. The fourth-order valence-electron chi connectivity index (χ4n) is 12.6. The van der Waals surface area contributed by atoms with Crippen LogP contribution in [-0.4, -0.2) is 15.4 Å². The van der Waals surface area contributed by atoms with Gasteiger partial charge in [-0.25, -0.2) is 10.9 Å². The molecule has 1 aromatic heterocycles. The van der Waals surface area contributed by atoms with Crippen LogP contribution in [0.4, 0.5) is 0 Å². The Morgan fingerprint density at radius 2 is 1.60 bits per heavy atom. The predicted molar refractivity (Wildman–Crippen MR) is 258 cm³/mol. The summed E-state index contributed by atoms with van der Waals surface area (Å²) in [7, 11) is 0. The van der Waals surface area contributed by atoms with Gasteiger partial charge in [0.2, 0.25) is 0 Å². The zero-order valence-corrected chi connectivity index (χ0v) is 37.7. The molecule has 60 heavy (non-hydrogen) atoms. The number of rotatable bonds is 11. The van der Waals surface area contributed by atoms with Gasteiger partial charge in [0.05, 0.1) is 12.2 Å². The van der Waals surface area contributed by atoms with Gasteiger partial charge in [0.15, 0.2) is 0 Å². The highest BCUT2D eigenvalue weighted by Crippen LogP contribution is 2.51. The first-order valence-electron chi connectivity index (χ1n) is 23.7. The minimum Gasteiger partial charge on any atom is -0.330 e. The number of nitrogens with one attached hydrogen (secondary N) is 2. The van der Waals surface area contributed by atoms with Gasteiger partial charge >= 0.3 is 0 Å². The van der Waals surface area contributed by atoms with Crippen LogP contribution in [0.25, 0.3) is 6.08 Å². The van der Waals surface area contributed by atoms with E-state index >= 15 is 0 Å². The molecule has 3 nitrogen and oxygen atoms in total. The second-order valence-corrected chi connectivity index (χ2v) is 21.2. The second kappa shape index (κ2) is 18.0. The fourth-order valence-corrected chi connectivity index (χ4v) is 13.2. The van der Waals surface area contributed by atoms with Gasteiger partial charge in [0.25, 0.3) is 0 Å². The number of thiol groups is 1. The normalized spacial score (nSPS) is 35.6. The number of aromatic nitrogens is 1. The highest BCUT2D eigenvalue weighted by molar-refractivity contribution is 7.81. The van der Waals surface area contributed by atoms with Crippen molar-refractivity contribution in [3.8, 4) is 0 Å². The molecule has 2 aromatic rings. The Morgan fingerprint density at radius 1 is 0.817 bits per heavy atom. The maximum Gasteiger partial charge on any atom is 0.0857 e. The van der Waals surface area contributed by atoms with Crippen LogP contribution in [-0.2, 0) is 25.9 Å². The van der Waals surface area contributed by atoms with Gasteiger partial charge in [-0.3, -0.25) is 0 Å².